The third-order valence-corrected chi connectivity index (χ3v) is 7.75. The van der Waals surface area contributed by atoms with E-state index in [0.29, 0.717) is 40.0 Å². The van der Waals surface area contributed by atoms with Crippen LogP contribution in [-0.4, -0.2) is 44.1 Å². The summed E-state index contributed by atoms with van der Waals surface area (Å²) in [6, 6.07) is 15.1. The Balaban J connectivity index is 1.23. The molecule has 0 radical (unpaired) electrons. The number of nitrogens with zero attached hydrogens (tertiary/aromatic N) is 5. The average Bonchev–Trinajstić information content (AvgIpc) is 3.21. The van der Waals surface area contributed by atoms with E-state index in [1.807, 2.05) is 14.1 Å². The fraction of sp³-hybridized carbons (Fsp3) is 0.257. The van der Waals surface area contributed by atoms with Crippen molar-refractivity contribution < 1.29 is 18.0 Å². The number of allylic oxidation sites excluding steroid dienone is 1. The van der Waals surface area contributed by atoms with Gasteiger partial charge in [0, 0.05) is 43.9 Å². The summed E-state index contributed by atoms with van der Waals surface area (Å²) in [5.74, 6) is -2.18. The Morgan fingerprint density at radius 2 is 1.67 bits per heavy atom. The molecule has 0 aliphatic heterocycles. The van der Waals surface area contributed by atoms with Crippen LogP contribution in [0.3, 0.4) is 0 Å². The fourth-order valence-corrected chi connectivity index (χ4v) is 5.27. The second-order valence-electron chi connectivity index (χ2n) is 11.4. The Labute approximate surface area is 259 Å². The van der Waals surface area contributed by atoms with Gasteiger partial charge in [-0.05, 0) is 68.4 Å². The van der Waals surface area contributed by atoms with Crippen LogP contribution in [0.2, 0.25) is 0 Å². The van der Waals surface area contributed by atoms with Crippen molar-refractivity contribution in [3.63, 3.8) is 0 Å². The monoisotopic (exact) mass is 613 g/mol. The van der Waals surface area contributed by atoms with Gasteiger partial charge in [0.15, 0.2) is 17.4 Å². The SMILES string of the molecule is Cc1c(C(=O)CC/C=C/c2ccc3nc(Cc4ccc(CN(C)C)cc4)ncc3c2F)c(=O)n(Cc2ccc(F)c(F)c2)n1C. The maximum absolute atomic E-state index is 15.3. The Kier molecular flexibility index (Phi) is 9.43. The first kappa shape index (κ1) is 31.6. The number of benzene rings is 3. The summed E-state index contributed by atoms with van der Waals surface area (Å²) in [4.78, 5) is 37.1. The molecule has 0 saturated heterocycles. The number of carbonyl (C=O) groups excluding carboxylic acids is 1. The predicted molar refractivity (Wildman–Crippen MR) is 169 cm³/mol. The number of hydrogen-bond acceptors (Lipinski definition) is 5. The molecule has 2 heterocycles. The fourth-order valence-electron chi connectivity index (χ4n) is 5.27. The summed E-state index contributed by atoms with van der Waals surface area (Å²) in [6.45, 7) is 2.50. The number of halogens is 3. The van der Waals surface area contributed by atoms with Gasteiger partial charge in [0.05, 0.1) is 17.4 Å². The summed E-state index contributed by atoms with van der Waals surface area (Å²) in [5.41, 5.74) is 3.53. The van der Waals surface area contributed by atoms with Crippen LogP contribution in [0, 0.1) is 24.4 Å². The zero-order valence-corrected chi connectivity index (χ0v) is 25.7. The number of Topliss-reactive ketones (excluding diaryl/α,β-unsaturated/α-hetero) is 1. The maximum Gasteiger partial charge on any atom is 0.278 e. The first-order valence-electron chi connectivity index (χ1n) is 14.6. The molecule has 0 amide bonds. The summed E-state index contributed by atoms with van der Waals surface area (Å²) < 4.78 is 45.1. The minimum atomic E-state index is -1.01. The van der Waals surface area contributed by atoms with Crippen molar-refractivity contribution in [3.8, 4) is 0 Å². The number of carbonyl (C=O) groups is 1. The van der Waals surface area contributed by atoms with Gasteiger partial charge in [0.1, 0.15) is 17.2 Å². The van der Waals surface area contributed by atoms with Gasteiger partial charge >= 0.3 is 0 Å². The molecule has 5 aromatic rings. The van der Waals surface area contributed by atoms with Crippen molar-refractivity contribution in [2.45, 2.75) is 39.3 Å². The standard InChI is InChI=1S/C35H34F3N5O2/c1-22-33(35(45)43(42(22)4)21-25-13-15-28(36)29(37)17-25)31(44)8-6-5-7-26-14-16-30-27(34(26)38)19-39-32(40-30)18-23-9-11-24(12-10-23)20-41(2)3/h5,7,9-17,19H,6,8,18,20-21H2,1-4H3/b7-5+. The first-order valence-corrected chi connectivity index (χ1v) is 14.6. The number of fused-ring (bicyclic) bond motifs is 1. The summed E-state index contributed by atoms with van der Waals surface area (Å²) in [5, 5.41) is 0.305. The lowest BCUT2D eigenvalue weighted by molar-refractivity contribution is 0.0982. The van der Waals surface area contributed by atoms with Crippen LogP contribution in [0.25, 0.3) is 17.0 Å². The quantitative estimate of drug-likeness (QED) is 0.165. The van der Waals surface area contributed by atoms with Crippen molar-refractivity contribution in [3.05, 3.63) is 134 Å². The molecule has 0 saturated carbocycles. The van der Waals surface area contributed by atoms with Crippen molar-refractivity contribution in [1.29, 1.82) is 0 Å². The van der Waals surface area contributed by atoms with Gasteiger partial charge in [-0.25, -0.2) is 27.8 Å². The molecule has 3 aromatic carbocycles. The molecular weight excluding hydrogens is 579 g/mol. The molecule has 10 heteroatoms. The highest BCUT2D eigenvalue weighted by molar-refractivity contribution is 5.97. The molecule has 2 aromatic heterocycles. The molecule has 0 atom stereocenters. The average molecular weight is 614 g/mol. The van der Waals surface area contributed by atoms with E-state index in [2.05, 4.69) is 39.1 Å². The molecule has 7 nitrogen and oxygen atoms in total. The zero-order chi connectivity index (χ0) is 32.2. The lowest BCUT2D eigenvalue weighted by Crippen LogP contribution is -2.25. The van der Waals surface area contributed by atoms with E-state index in [0.717, 1.165) is 24.2 Å². The van der Waals surface area contributed by atoms with Gasteiger partial charge in [0.2, 0.25) is 0 Å². The highest BCUT2D eigenvalue weighted by atomic mass is 19.2. The molecule has 232 valence electrons. The molecule has 0 fully saturated rings. The van der Waals surface area contributed by atoms with Gasteiger partial charge in [-0.15, -0.1) is 0 Å². The van der Waals surface area contributed by atoms with Crippen molar-refractivity contribution >= 4 is 22.8 Å². The van der Waals surface area contributed by atoms with E-state index in [4.69, 9.17) is 0 Å². The molecule has 45 heavy (non-hydrogen) atoms. The third kappa shape index (κ3) is 7.12. The smallest absolute Gasteiger partial charge is 0.278 e. The van der Waals surface area contributed by atoms with Gasteiger partial charge in [-0.1, -0.05) is 42.5 Å². The number of hydrogen-bond donors (Lipinski definition) is 0. The Hall–Kier alpha value is -4.83. The molecule has 5 rings (SSSR count). The van der Waals surface area contributed by atoms with E-state index < -0.39 is 23.0 Å². The summed E-state index contributed by atoms with van der Waals surface area (Å²) in [6.07, 6.45) is 5.65. The van der Waals surface area contributed by atoms with Gasteiger partial charge in [-0.2, -0.15) is 0 Å². The molecule has 0 aliphatic carbocycles. The highest BCUT2D eigenvalue weighted by Gasteiger charge is 2.21. The van der Waals surface area contributed by atoms with E-state index in [1.165, 1.54) is 27.2 Å². The first-order chi connectivity index (χ1) is 21.5. The van der Waals surface area contributed by atoms with Crippen LogP contribution in [0.5, 0.6) is 0 Å². The highest BCUT2D eigenvalue weighted by Crippen LogP contribution is 2.22. The lowest BCUT2D eigenvalue weighted by Gasteiger charge is -2.10. The largest absolute Gasteiger partial charge is 0.305 e. The van der Waals surface area contributed by atoms with Crippen LogP contribution >= 0.6 is 0 Å². The number of ketones is 1. The Morgan fingerprint density at radius 3 is 2.38 bits per heavy atom. The summed E-state index contributed by atoms with van der Waals surface area (Å²) in [7, 11) is 5.68. The molecule has 0 spiro atoms. The van der Waals surface area contributed by atoms with Crippen molar-refractivity contribution in [2.24, 2.45) is 7.05 Å². The Bertz CT molecular complexity index is 1960. The van der Waals surface area contributed by atoms with Gasteiger partial charge in [-0.3, -0.25) is 14.3 Å². The molecule has 0 unspecified atom stereocenters. The topological polar surface area (TPSA) is 73.0 Å². The van der Waals surface area contributed by atoms with Crippen LogP contribution in [0.1, 0.15) is 57.0 Å². The molecule has 0 aliphatic rings. The van der Waals surface area contributed by atoms with E-state index >= 15 is 4.39 Å². The van der Waals surface area contributed by atoms with Gasteiger partial charge in [0.25, 0.3) is 5.56 Å². The molecular formula is C35H34F3N5O2. The maximum atomic E-state index is 15.3. The van der Waals surface area contributed by atoms with Crippen LogP contribution in [0.4, 0.5) is 13.2 Å². The van der Waals surface area contributed by atoms with Crippen LogP contribution in [-0.2, 0) is 26.6 Å². The van der Waals surface area contributed by atoms with Crippen LogP contribution < -0.4 is 5.56 Å². The second-order valence-corrected chi connectivity index (χ2v) is 11.4. The minimum Gasteiger partial charge on any atom is -0.305 e. The lowest BCUT2D eigenvalue weighted by atomic mass is 10.1. The van der Waals surface area contributed by atoms with Gasteiger partial charge < -0.3 is 4.90 Å². The van der Waals surface area contributed by atoms with Crippen molar-refractivity contribution in [1.82, 2.24) is 24.2 Å². The normalized spacial score (nSPS) is 11.7. The minimum absolute atomic E-state index is 0.0167. The zero-order valence-electron chi connectivity index (χ0n) is 25.7. The summed E-state index contributed by atoms with van der Waals surface area (Å²) >= 11 is 0. The van der Waals surface area contributed by atoms with E-state index in [1.54, 1.807) is 38.3 Å². The molecule has 0 bridgehead atoms. The number of rotatable bonds is 11. The van der Waals surface area contributed by atoms with Crippen molar-refractivity contribution in [2.75, 3.05) is 14.1 Å². The Morgan fingerprint density at radius 1 is 0.956 bits per heavy atom. The second kappa shape index (κ2) is 13.4. The third-order valence-electron chi connectivity index (χ3n) is 7.75. The van der Waals surface area contributed by atoms with Crippen LogP contribution in [0.15, 0.2) is 71.7 Å². The van der Waals surface area contributed by atoms with E-state index in [9.17, 15) is 18.4 Å². The van der Waals surface area contributed by atoms with E-state index in [-0.39, 0.29) is 30.7 Å². The predicted octanol–water partition coefficient (Wildman–Crippen LogP) is 6.23. The molecule has 0 N–H and O–H groups in total. The number of aromatic nitrogens is 4.